The third kappa shape index (κ3) is 2.74. The van der Waals surface area contributed by atoms with Crippen molar-refractivity contribution in [3.8, 4) is 0 Å². The van der Waals surface area contributed by atoms with Crippen molar-refractivity contribution in [2.45, 2.75) is 0 Å². The van der Waals surface area contributed by atoms with E-state index in [9.17, 15) is 9.59 Å². The van der Waals surface area contributed by atoms with E-state index >= 15 is 0 Å². The number of nitrogens with zero attached hydrogens (tertiary/aromatic N) is 1. The zero-order valence-corrected chi connectivity index (χ0v) is 11.3. The number of carboxylic acid groups (broad SMARTS) is 1. The van der Waals surface area contributed by atoms with E-state index in [1.807, 2.05) is 0 Å². The van der Waals surface area contributed by atoms with E-state index in [-0.39, 0.29) is 11.5 Å². The maximum absolute atomic E-state index is 11.8. The molecule has 5 nitrogen and oxygen atoms in total. The molecule has 0 aliphatic rings. The fourth-order valence-corrected chi connectivity index (χ4v) is 2.27. The molecule has 92 valence electrons. The van der Waals surface area contributed by atoms with Gasteiger partial charge in [0.1, 0.15) is 9.60 Å². The van der Waals surface area contributed by atoms with Crippen molar-refractivity contribution in [2.24, 2.45) is 0 Å². The Morgan fingerprint density at radius 2 is 2.11 bits per heavy atom. The second-order valence-electron chi connectivity index (χ2n) is 3.29. The predicted octanol–water partition coefficient (Wildman–Crippen LogP) is 2.86. The minimum absolute atomic E-state index is 0.0819. The van der Waals surface area contributed by atoms with Crippen molar-refractivity contribution in [3.63, 3.8) is 0 Å². The van der Waals surface area contributed by atoms with E-state index in [2.05, 4.69) is 26.2 Å². The molecule has 0 atom stereocenters. The first kappa shape index (κ1) is 12.7. The molecule has 0 aliphatic carbocycles. The van der Waals surface area contributed by atoms with Gasteiger partial charge in [0.25, 0.3) is 5.91 Å². The van der Waals surface area contributed by atoms with Crippen LogP contribution in [0.25, 0.3) is 0 Å². The second kappa shape index (κ2) is 5.28. The Morgan fingerprint density at radius 1 is 1.33 bits per heavy atom. The molecule has 18 heavy (non-hydrogen) atoms. The number of aromatic nitrogens is 1. The normalized spacial score (nSPS) is 10.1. The van der Waals surface area contributed by atoms with Gasteiger partial charge in [-0.3, -0.25) is 4.79 Å². The molecular formula is C11H7BrN2O3S. The van der Waals surface area contributed by atoms with Crippen LogP contribution in [0.4, 0.5) is 5.00 Å². The van der Waals surface area contributed by atoms with Crippen molar-refractivity contribution < 1.29 is 14.7 Å². The quantitative estimate of drug-likeness (QED) is 0.850. The van der Waals surface area contributed by atoms with E-state index in [1.165, 1.54) is 12.3 Å². The zero-order valence-electron chi connectivity index (χ0n) is 8.88. The standard InChI is InChI=1S/C11H7BrN2O3S/c12-8-2-1-6(5-13-8)9(15)14-10-7(11(16)17)3-4-18-10/h1-5H,(H,14,15)(H,16,17). The topological polar surface area (TPSA) is 79.3 Å². The van der Waals surface area contributed by atoms with E-state index < -0.39 is 5.97 Å². The van der Waals surface area contributed by atoms with Crippen molar-refractivity contribution in [3.05, 3.63) is 45.5 Å². The van der Waals surface area contributed by atoms with E-state index in [1.54, 1.807) is 17.5 Å². The van der Waals surface area contributed by atoms with Crippen LogP contribution >= 0.6 is 27.3 Å². The summed E-state index contributed by atoms with van der Waals surface area (Å²) in [6.45, 7) is 0. The summed E-state index contributed by atoms with van der Waals surface area (Å²) in [7, 11) is 0. The SMILES string of the molecule is O=C(Nc1sccc1C(=O)O)c1ccc(Br)nc1. The fourth-order valence-electron chi connectivity index (χ4n) is 1.26. The highest BCUT2D eigenvalue weighted by Crippen LogP contribution is 2.23. The number of pyridine rings is 1. The van der Waals surface area contributed by atoms with Crippen LogP contribution in [0.2, 0.25) is 0 Å². The molecule has 2 aromatic rings. The molecule has 0 radical (unpaired) electrons. The maximum Gasteiger partial charge on any atom is 0.338 e. The highest BCUT2D eigenvalue weighted by atomic mass is 79.9. The average Bonchev–Trinajstić information content (AvgIpc) is 2.78. The minimum atomic E-state index is -1.07. The lowest BCUT2D eigenvalue weighted by Crippen LogP contribution is -2.13. The highest BCUT2D eigenvalue weighted by molar-refractivity contribution is 9.10. The molecule has 0 aliphatic heterocycles. The number of halogens is 1. The summed E-state index contributed by atoms with van der Waals surface area (Å²) in [5.41, 5.74) is 0.446. The van der Waals surface area contributed by atoms with Gasteiger partial charge >= 0.3 is 5.97 Å². The molecule has 2 aromatic heterocycles. The lowest BCUT2D eigenvalue weighted by molar-refractivity contribution is 0.0698. The summed E-state index contributed by atoms with van der Waals surface area (Å²) in [5.74, 6) is -1.46. The molecule has 2 heterocycles. The van der Waals surface area contributed by atoms with Crippen molar-refractivity contribution in [1.82, 2.24) is 4.98 Å². The Hall–Kier alpha value is -1.73. The Kier molecular flexibility index (Phi) is 3.73. The highest BCUT2D eigenvalue weighted by Gasteiger charge is 2.14. The molecule has 0 fully saturated rings. The first-order chi connectivity index (χ1) is 8.58. The Morgan fingerprint density at radius 3 is 2.72 bits per heavy atom. The van der Waals surface area contributed by atoms with Gasteiger partial charge in [-0.05, 0) is 39.5 Å². The molecule has 2 N–H and O–H groups in total. The summed E-state index contributed by atoms with van der Waals surface area (Å²) in [4.78, 5) is 26.7. The zero-order chi connectivity index (χ0) is 13.1. The van der Waals surface area contributed by atoms with Crippen LogP contribution in [-0.4, -0.2) is 22.0 Å². The average molecular weight is 327 g/mol. The molecule has 7 heteroatoms. The summed E-state index contributed by atoms with van der Waals surface area (Å²) in [5, 5.41) is 13.4. The number of hydrogen-bond donors (Lipinski definition) is 2. The van der Waals surface area contributed by atoms with Gasteiger partial charge in [-0.2, -0.15) is 0 Å². The van der Waals surface area contributed by atoms with Crippen molar-refractivity contribution in [2.75, 3.05) is 5.32 Å². The van der Waals surface area contributed by atoms with Crippen LogP contribution in [0, 0.1) is 0 Å². The van der Waals surface area contributed by atoms with E-state index in [0.29, 0.717) is 15.2 Å². The number of amides is 1. The Bertz CT molecular complexity index is 595. The van der Waals surface area contributed by atoms with Gasteiger partial charge < -0.3 is 10.4 Å². The van der Waals surface area contributed by atoms with Crippen LogP contribution in [0.15, 0.2) is 34.4 Å². The van der Waals surface area contributed by atoms with E-state index in [4.69, 9.17) is 5.11 Å². The molecule has 0 saturated carbocycles. The Balaban J connectivity index is 2.19. The van der Waals surface area contributed by atoms with Crippen LogP contribution in [0.1, 0.15) is 20.7 Å². The number of carboxylic acids is 1. The number of carbonyl (C=O) groups excluding carboxylic acids is 1. The van der Waals surface area contributed by atoms with Crippen LogP contribution < -0.4 is 5.32 Å². The van der Waals surface area contributed by atoms with Gasteiger partial charge in [-0.15, -0.1) is 11.3 Å². The molecule has 1 amide bonds. The van der Waals surface area contributed by atoms with Crippen molar-refractivity contribution in [1.29, 1.82) is 0 Å². The largest absolute Gasteiger partial charge is 0.478 e. The van der Waals surface area contributed by atoms with Crippen LogP contribution in [0.5, 0.6) is 0 Å². The lowest BCUT2D eigenvalue weighted by Gasteiger charge is -2.03. The van der Waals surface area contributed by atoms with Gasteiger partial charge in [-0.1, -0.05) is 0 Å². The molecular weight excluding hydrogens is 320 g/mol. The third-order valence-corrected chi connectivity index (χ3v) is 3.41. The number of rotatable bonds is 3. The van der Waals surface area contributed by atoms with Gasteiger partial charge in [0.05, 0.1) is 11.1 Å². The first-order valence-corrected chi connectivity index (χ1v) is 6.49. The second-order valence-corrected chi connectivity index (χ2v) is 5.02. The summed E-state index contributed by atoms with van der Waals surface area (Å²) in [6.07, 6.45) is 1.41. The number of nitrogens with one attached hydrogen (secondary N) is 1. The van der Waals surface area contributed by atoms with Crippen LogP contribution in [-0.2, 0) is 0 Å². The number of hydrogen-bond acceptors (Lipinski definition) is 4. The van der Waals surface area contributed by atoms with Gasteiger partial charge in [-0.25, -0.2) is 9.78 Å². The summed E-state index contributed by atoms with van der Waals surface area (Å²) < 4.78 is 0.626. The maximum atomic E-state index is 11.8. The monoisotopic (exact) mass is 326 g/mol. The van der Waals surface area contributed by atoms with Gasteiger partial charge in [0, 0.05) is 6.20 Å². The third-order valence-electron chi connectivity index (χ3n) is 2.11. The molecule has 0 bridgehead atoms. The summed E-state index contributed by atoms with van der Waals surface area (Å²) in [6, 6.07) is 4.68. The van der Waals surface area contributed by atoms with Gasteiger partial charge in [0.15, 0.2) is 0 Å². The fraction of sp³-hybridized carbons (Fsp3) is 0. The molecule has 0 spiro atoms. The molecule has 2 rings (SSSR count). The Labute approximate surface area is 115 Å². The molecule has 0 saturated heterocycles. The van der Waals surface area contributed by atoms with Crippen molar-refractivity contribution >= 4 is 44.1 Å². The molecule has 0 unspecified atom stereocenters. The number of aromatic carboxylic acids is 1. The smallest absolute Gasteiger partial charge is 0.338 e. The van der Waals surface area contributed by atoms with Crippen LogP contribution in [0.3, 0.4) is 0 Å². The molecule has 0 aromatic carbocycles. The number of carbonyl (C=O) groups is 2. The minimum Gasteiger partial charge on any atom is -0.478 e. The number of thiophene rings is 1. The first-order valence-electron chi connectivity index (χ1n) is 4.81. The predicted molar refractivity (Wildman–Crippen MR) is 71.2 cm³/mol. The number of anilines is 1. The summed E-state index contributed by atoms with van der Waals surface area (Å²) >= 11 is 4.33. The van der Waals surface area contributed by atoms with Gasteiger partial charge in [0.2, 0.25) is 0 Å². The van der Waals surface area contributed by atoms with E-state index in [0.717, 1.165) is 11.3 Å². The lowest BCUT2D eigenvalue weighted by atomic mass is 10.2.